The number of benzene rings is 1. The molecular formula is C14H18N2O3S. The van der Waals surface area contributed by atoms with Crippen LogP contribution in [0.15, 0.2) is 23.1 Å². The van der Waals surface area contributed by atoms with Crippen molar-refractivity contribution >= 4 is 10.0 Å². The number of hydrogen-bond donors (Lipinski definition) is 1. The van der Waals surface area contributed by atoms with E-state index in [1.807, 2.05) is 13.0 Å². The van der Waals surface area contributed by atoms with E-state index in [1.165, 1.54) is 10.4 Å². The van der Waals surface area contributed by atoms with Crippen LogP contribution in [0, 0.1) is 18.3 Å². The topological polar surface area (TPSA) is 81.4 Å². The zero-order valence-electron chi connectivity index (χ0n) is 11.6. The molecule has 0 bridgehead atoms. The third-order valence-corrected chi connectivity index (χ3v) is 5.53. The number of nitrogens with zero attached hydrogens (tertiary/aromatic N) is 2. The van der Waals surface area contributed by atoms with E-state index in [-0.39, 0.29) is 18.0 Å². The van der Waals surface area contributed by atoms with Crippen LogP contribution in [-0.2, 0) is 10.0 Å². The van der Waals surface area contributed by atoms with Crippen molar-refractivity contribution < 1.29 is 13.5 Å². The molecule has 5 nitrogen and oxygen atoms in total. The van der Waals surface area contributed by atoms with Crippen molar-refractivity contribution in [1.29, 1.82) is 5.26 Å². The van der Waals surface area contributed by atoms with Gasteiger partial charge in [-0.1, -0.05) is 19.4 Å². The highest BCUT2D eigenvalue weighted by Gasteiger charge is 2.46. The first kappa shape index (κ1) is 15.0. The van der Waals surface area contributed by atoms with E-state index >= 15 is 0 Å². The van der Waals surface area contributed by atoms with Gasteiger partial charge in [-0.05, 0) is 31.0 Å². The molecule has 1 N–H and O–H groups in total. The maximum absolute atomic E-state index is 12.5. The largest absolute Gasteiger partial charge is 0.387 e. The fraction of sp³-hybridized carbons (Fsp3) is 0.500. The first-order valence-corrected chi connectivity index (χ1v) is 8.00. The van der Waals surface area contributed by atoms with Crippen LogP contribution in [0.3, 0.4) is 0 Å². The van der Waals surface area contributed by atoms with Crippen LogP contribution in [0.25, 0.3) is 0 Å². The monoisotopic (exact) mass is 294 g/mol. The first-order valence-electron chi connectivity index (χ1n) is 6.56. The van der Waals surface area contributed by atoms with Crippen LogP contribution in [-0.4, -0.2) is 36.5 Å². The molecule has 0 amide bonds. The fourth-order valence-corrected chi connectivity index (χ4v) is 4.34. The first-order chi connectivity index (χ1) is 9.32. The molecule has 1 aliphatic heterocycles. The molecule has 0 saturated carbocycles. The summed E-state index contributed by atoms with van der Waals surface area (Å²) in [7, 11) is -3.63. The lowest BCUT2D eigenvalue weighted by molar-refractivity contribution is -0.0653. The average molecular weight is 294 g/mol. The Morgan fingerprint density at radius 1 is 1.45 bits per heavy atom. The Labute approximate surface area is 119 Å². The van der Waals surface area contributed by atoms with Gasteiger partial charge in [0.25, 0.3) is 0 Å². The summed E-state index contributed by atoms with van der Waals surface area (Å²) in [4.78, 5) is 0.148. The highest BCUT2D eigenvalue weighted by Crippen LogP contribution is 2.32. The number of hydrogen-bond acceptors (Lipinski definition) is 4. The molecule has 0 unspecified atom stereocenters. The second-order valence-corrected chi connectivity index (χ2v) is 7.25. The summed E-state index contributed by atoms with van der Waals surface area (Å²) < 4.78 is 26.3. The maximum Gasteiger partial charge on any atom is 0.243 e. The van der Waals surface area contributed by atoms with E-state index in [9.17, 15) is 13.5 Å². The molecule has 2 rings (SSSR count). The number of rotatable bonds is 4. The van der Waals surface area contributed by atoms with Crippen molar-refractivity contribution in [2.45, 2.75) is 37.2 Å². The number of aryl methyl sites for hydroxylation is 1. The average Bonchev–Trinajstić information content (AvgIpc) is 2.36. The van der Waals surface area contributed by atoms with Crippen molar-refractivity contribution in [3.63, 3.8) is 0 Å². The van der Waals surface area contributed by atoms with Gasteiger partial charge in [-0.15, -0.1) is 0 Å². The smallest absolute Gasteiger partial charge is 0.243 e. The van der Waals surface area contributed by atoms with Crippen molar-refractivity contribution in [2.24, 2.45) is 0 Å². The van der Waals surface area contributed by atoms with Crippen molar-refractivity contribution in [2.75, 3.05) is 13.1 Å². The Morgan fingerprint density at radius 2 is 2.10 bits per heavy atom. The molecule has 1 heterocycles. The van der Waals surface area contributed by atoms with Crippen molar-refractivity contribution in [3.05, 3.63) is 29.3 Å². The summed E-state index contributed by atoms with van der Waals surface area (Å²) in [6.45, 7) is 3.90. The molecule has 0 radical (unpaired) electrons. The minimum Gasteiger partial charge on any atom is -0.387 e. The van der Waals surface area contributed by atoms with Crippen LogP contribution in [0.4, 0.5) is 0 Å². The van der Waals surface area contributed by atoms with E-state index in [1.54, 1.807) is 19.1 Å². The number of aliphatic hydroxyl groups is 1. The zero-order chi connectivity index (χ0) is 15.0. The quantitative estimate of drug-likeness (QED) is 0.910. The third kappa shape index (κ3) is 2.57. The SMILES string of the molecule is CCCC1(O)CN(S(=O)(=O)c2cc(C#N)ccc2C)C1. The second-order valence-electron chi connectivity index (χ2n) is 5.34. The number of sulfonamides is 1. The molecule has 1 aliphatic rings. The molecule has 20 heavy (non-hydrogen) atoms. The van der Waals surface area contributed by atoms with Crippen LogP contribution in [0.2, 0.25) is 0 Å². The van der Waals surface area contributed by atoms with Gasteiger partial charge < -0.3 is 5.11 Å². The zero-order valence-corrected chi connectivity index (χ0v) is 12.4. The fourth-order valence-electron chi connectivity index (χ4n) is 2.49. The maximum atomic E-state index is 12.5. The van der Waals surface area contributed by atoms with Crippen molar-refractivity contribution in [3.8, 4) is 6.07 Å². The summed E-state index contributed by atoms with van der Waals surface area (Å²) in [5.41, 5.74) is 0.0243. The molecule has 1 saturated heterocycles. The van der Waals surface area contributed by atoms with Crippen LogP contribution in [0.5, 0.6) is 0 Å². The van der Waals surface area contributed by atoms with Gasteiger partial charge in [0.1, 0.15) is 0 Å². The molecule has 0 aliphatic carbocycles. The number of nitriles is 1. The molecule has 108 valence electrons. The molecule has 1 aromatic carbocycles. The molecule has 0 atom stereocenters. The lowest BCUT2D eigenvalue weighted by Crippen LogP contribution is -2.63. The van der Waals surface area contributed by atoms with E-state index in [2.05, 4.69) is 0 Å². The van der Waals surface area contributed by atoms with Gasteiger partial charge in [0.05, 0.1) is 22.1 Å². The Hall–Kier alpha value is -1.42. The summed E-state index contributed by atoms with van der Waals surface area (Å²) in [6, 6.07) is 6.56. The Kier molecular flexibility index (Phi) is 3.87. The number of β-amino-alcohol motifs (C(OH)–C–C–N with tert-alkyl or cyclic N) is 1. The van der Waals surface area contributed by atoms with E-state index in [0.29, 0.717) is 17.5 Å². The van der Waals surface area contributed by atoms with Crippen LogP contribution < -0.4 is 0 Å². The van der Waals surface area contributed by atoms with Crippen LogP contribution >= 0.6 is 0 Å². The summed E-state index contributed by atoms with van der Waals surface area (Å²) >= 11 is 0. The van der Waals surface area contributed by atoms with Crippen molar-refractivity contribution in [1.82, 2.24) is 4.31 Å². The molecule has 0 aromatic heterocycles. The van der Waals surface area contributed by atoms with E-state index in [0.717, 1.165) is 6.42 Å². The summed E-state index contributed by atoms with van der Waals surface area (Å²) in [5, 5.41) is 19.0. The Morgan fingerprint density at radius 3 is 2.65 bits per heavy atom. The molecule has 1 aromatic rings. The van der Waals surface area contributed by atoms with E-state index < -0.39 is 15.6 Å². The molecule has 1 fully saturated rings. The predicted molar refractivity (Wildman–Crippen MR) is 74.5 cm³/mol. The van der Waals surface area contributed by atoms with Gasteiger partial charge in [0.2, 0.25) is 10.0 Å². The minimum atomic E-state index is -3.63. The van der Waals surface area contributed by atoms with Gasteiger partial charge in [0, 0.05) is 13.1 Å². The van der Waals surface area contributed by atoms with Gasteiger partial charge in [-0.3, -0.25) is 0 Å². The Balaban J connectivity index is 2.28. The van der Waals surface area contributed by atoms with Gasteiger partial charge >= 0.3 is 0 Å². The lowest BCUT2D eigenvalue weighted by Gasteiger charge is -2.45. The normalized spacial score (nSPS) is 18.3. The van der Waals surface area contributed by atoms with E-state index in [4.69, 9.17) is 5.26 Å². The predicted octanol–water partition coefficient (Wildman–Crippen LogP) is 1.40. The van der Waals surface area contributed by atoms with Gasteiger partial charge in [-0.25, -0.2) is 8.42 Å². The Bertz CT molecular complexity index is 655. The molecule has 0 spiro atoms. The molecular weight excluding hydrogens is 276 g/mol. The van der Waals surface area contributed by atoms with Gasteiger partial charge in [-0.2, -0.15) is 9.57 Å². The highest BCUT2D eigenvalue weighted by molar-refractivity contribution is 7.89. The van der Waals surface area contributed by atoms with Gasteiger partial charge in [0.15, 0.2) is 0 Å². The standard InChI is InChI=1S/C14H18N2O3S/c1-3-6-14(17)9-16(10-14)20(18,19)13-7-12(8-15)5-4-11(13)2/h4-5,7,17H,3,6,9-10H2,1-2H3. The summed E-state index contributed by atoms with van der Waals surface area (Å²) in [6.07, 6.45) is 1.41. The summed E-state index contributed by atoms with van der Waals surface area (Å²) in [5.74, 6) is 0. The third-order valence-electron chi connectivity index (χ3n) is 3.59. The minimum absolute atomic E-state index is 0.124. The highest BCUT2D eigenvalue weighted by atomic mass is 32.2. The van der Waals surface area contributed by atoms with Crippen LogP contribution in [0.1, 0.15) is 30.9 Å². The lowest BCUT2D eigenvalue weighted by atomic mass is 9.92. The second kappa shape index (κ2) is 5.17. The molecule has 6 heteroatoms.